The van der Waals surface area contributed by atoms with E-state index in [2.05, 4.69) is 37.7 Å². The molecule has 16 nitrogen and oxygen atoms in total. The molecule has 0 radical (unpaired) electrons. The van der Waals surface area contributed by atoms with Crippen molar-refractivity contribution in [1.82, 2.24) is 19.9 Å². The topological polar surface area (TPSA) is 168 Å². The van der Waals surface area contributed by atoms with Crippen LogP contribution in [0.25, 0.3) is 88.6 Å². The van der Waals surface area contributed by atoms with Gasteiger partial charge in [-0.2, -0.15) is 0 Å². The van der Waals surface area contributed by atoms with Crippen molar-refractivity contribution >= 4 is 136 Å². The van der Waals surface area contributed by atoms with Gasteiger partial charge in [-0.25, -0.2) is 9.97 Å². The van der Waals surface area contributed by atoms with E-state index in [0.717, 1.165) is 154 Å². The van der Waals surface area contributed by atoms with Crippen LogP contribution in [0.15, 0.2) is 24.3 Å². The van der Waals surface area contributed by atoms with Crippen molar-refractivity contribution in [1.29, 1.82) is 0 Å². The van der Waals surface area contributed by atoms with Crippen LogP contribution in [-0.4, -0.2) is 126 Å². The quantitative estimate of drug-likeness (QED) is 0.0382. The van der Waals surface area contributed by atoms with Crippen LogP contribution in [0.4, 0.5) is 0 Å². The Morgan fingerprint density at radius 2 is 0.519 bits per heavy atom. The number of aromatic amines is 2. The number of hydrogen-bond acceptors (Lipinski definition) is 14. The summed E-state index contributed by atoms with van der Waals surface area (Å²) in [6.07, 6.45) is 24.6. The summed E-state index contributed by atoms with van der Waals surface area (Å²) < 4.78 is 79.7. The Labute approximate surface area is 651 Å². The molecule has 0 amide bonds. The van der Waals surface area contributed by atoms with E-state index in [1.54, 1.807) is 0 Å². The van der Waals surface area contributed by atoms with Crippen LogP contribution < -0.4 is 37.9 Å². The highest BCUT2D eigenvalue weighted by atomic mass is 35.5. The van der Waals surface area contributed by atoms with E-state index >= 15 is 0 Å². The highest BCUT2D eigenvalue weighted by Crippen LogP contribution is 2.60. The minimum absolute atomic E-state index is 0.0771. The Morgan fingerprint density at radius 3 is 0.837 bits per heavy atom. The molecule has 24 heteroatoms. The van der Waals surface area contributed by atoms with E-state index in [-0.39, 0.29) is 142 Å². The molecule has 8 bridgehead atoms. The Morgan fingerprint density at radius 1 is 0.279 bits per heavy atom. The fraction of sp³-hybridized carbons (Fsp3) is 0.550. The fourth-order valence-corrected chi connectivity index (χ4v) is 15.7. The molecule has 0 aliphatic carbocycles. The average Bonchev–Trinajstić information content (AvgIpc) is 1.56. The molecule has 4 aliphatic rings. The zero-order valence-electron chi connectivity index (χ0n) is 60.4. The number of aromatic nitrogens is 4. The van der Waals surface area contributed by atoms with Crippen molar-refractivity contribution in [3.05, 3.63) is 64.4 Å². The molecule has 0 saturated heterocycles. The van der Waals surface area contributed by atoms with Crippen molar-refractivity contribution in [2.45, 2.75) is 182 Å². The lowest BCUT2D eigenvalue weighted by Gasteiger charge is -2.19. The first-order chi connectivity index (χ1) is 50.9. The van der Waals surface area contributed by atoms with E-state index < -0.39 is 0 Å². The summed E-state index contributed by atoms with van der Waals surface area (Å²) in [4.78, 5) is 19.0. The zero-order chi connectivity index (χ0) is 72.9. The molecule has 104 heavy (non-hydrogen) atoms. The van der Waals surface area contributed by atoms with Crippen LogP contribution in [-0.2, 0) is 18.9 Å². The van der Waals surface area contributed by atoms with Crippen LogP contribution in [0.5, 0.6) is 46.0 Å². The van der Waals surface area contributed by atoms with Crippen molar-refractivity contribution in [2.75, 3.05) is 106 Å². The number of nitrogens with zero attached hydrogens (tertiary/aromatic N) is 2. The van der Waals surface area contributed by atoms with Gasteiger partial charge in [-0.1, -0.05) is 249 Å². The molecule has 4 aromatic carbocycles. The number of H-pyrrole nitrogens is 2. The largest absolute Gasteiger partial charge is 0.491 e. The van der Waals surface area contributed by atoms with Gasteiger partial charge in [-0.15, -0.1) is 0 Å². The molecule has 2 N–H and O–H groups in total. The summed E-state index contributed by atoms with van der Waals surface area (Å²) in [5, 5.41) is 3.12. The predicted octanol–water partition coefficient (Wildman–Crippen LogP) is 25.1. The maximum atomic E-state index is 7.64. The van der Waals surface area contributed by atoms with Crippen LogP contribution in [0.1, 0.15) is 182 Å². The van der Waals surface area contributed by atoms with Crippen molar-refractivity contribution in [3.63, 3.8) is 0 Å². The number of hydrogen-bond donors (Lipinski definition) is 2. The highest BCUT2D eigenvalue weighted by Gasteiger charge is 2.36. The number of ether oxygens (including phenoxy) is 12. The number of fused-ring (bicyclic) bond motifs is 8. The van der Waals surface area contributed by atoms with E-state index in [1.165, 1.54) is 0 Å². The molecule has 7 heterocycles. The third kappa shape index (κ3) is 19.0. The van der Waals surface area contributed by atoms with Crippen LogP contribution in [0, 0.1) is 0 Å². The molecule has 11 rings (SSSR count). The summed E-state index contributed by atoms with van der Waals surface area (Å²) in [6.45, 7) is 12.2. The number of rotatable bonds is 32. The van der Waals surface area contributed by atoms with Gasteiger partial charge in [0.25, 0.3) is 0 Å². The van der Waals surface area contributed by atoms with E-state index in [4.69, 9.17) is 160 Å². The summed E-state index contributed by atoms with van der Waals surface area (Å²) in [6, 6.07) is 7.69. The van der Waals surface area contributed by atoms with Crippen molar-refractivity contribution in [2.24, 2.45) is 0 Å². The molecule has 566 valence electrons. The van der Waals surface area contributed by atoms with Gasteiger partial charge in [-0.3, -0.25) is 0 Å². The Bertz CT molecular complexity index is 3980. The third-order valence-corrected chi connectivity index (χ3v) is 22.3. The van der Waals surface area contributed by atoms with E-state index in [9.17, 15) is 0 Å². The lowest BCUT2D eigenvalue weighted by molar-refractivity contribution is 0.0276. The number of unbranched alkanes of at least 4 members (excludes halogenated alkanes) is 20. The molecule has 0 saturated carbocycles. The molecule has 3 aromatic heterocycles. The first kappa shape index (κ1) is 80.1. The molecular weight excluding hydrogens is 1490 g/mol. The van der Waals surface area contributed by atoms with Crippen molar-refractivity contribution in [3.8, 4) is 91.0 Å². The molecule has 4 aliphatic heterocycles. The van der Waals surface area contributed by atoms with Gasteiger partial charge < -0.3 is 66.8 Å². The van der Waals surface area contributed by atoms with Gasteiger partial charge in [0.1, 0.15) is 113 Å². The van der Waals surface area contributed by atoms with Gasteiger partial charge in [0, 0.05) is 0 Å². The summed E-state index contributed by atoms with van der Waals surface area (Å²) in [5.41, 5.74) is 5.54. The normalized spacial score (nSPS) is 14.3. The average molecular weight is 1590 g/mol. The zero-order valence-corrected chi connectivity index (χ0v) is 66.5. The van der Waals surface area contributed by atoms with Crippen LogP contribution in [0.3, 0.4) is 0 Å². The van der Waals surface area contributed by atoms with Gasteiger partial charge >= 0.3 is 0 Å². The maximum Gasteiger partial charge on any atom is 0.149 e. The molecule has 0 fully saturated rings. The molecule has 7 aromatic rings. The number of benzene rings is 4. The second kappa shape index (κ2) is 40.5. The standard InChI is InChI=1S/C80H98Cl8N4O12/c1-5-9-13-17-21-25-29-97-73-57-49-45-50-58-63-55(90-50)48-56-64-60(76(100-32-28-24-20-16-12-8-4)68(84)72(88)80(64)104-44-40-96-36-35-95-39-43-103-79(63)70(86)66(82)74(58)98-30-26-22-18-14-10-6-2)52(92-56)46-51-59-62-54(91-51)47-53(89-49)61(57)77(69(85)65(73)81)101-41-37-93-33-34-94-38-42-102-78(62)71(87)67(83)75(59)99-31-27-23-19-15-11-7-3/h45-48,89,92H,5-44H2,1-4H3. The Kier molecular flexibility index (Phi) is 31.2. The second-order valence-corrected chi connectivity index (χ2v) is 29.7. The highest BCUT2D eigenvalue weighted by molar-refractivity contribution is 6.48. The summed E-state index contributed by atoms with van der Waals surface area (Å²) in [5.74, 6) is 2.26. The fourth-order valence-electron chi connectivity index (χ4n) is 13.8. The Hall–Kier alpha value is -4.92. The van der Waals surface area contributed by atoms with Gasteiger partial charge in [-0.05, 0) is 49.9 Å². The van der Waals surface area contributed by atoms with E-state index in [0.29, 0.717) is 138 Å². The lowest BCUT2D eigenvalue weighted by Crippen LogP contribution is -2.14. The summed E-state index contributed by atoms with van der Waals surface area (Å²) in [7, 11) is 0. The Balaban J connectivity index is 1.32. The van der Waals surface area contributed by atoms with Crippen LogP contribution >= 0.6 is 92.8 Å². The smallest absolute Gasteiger partial charge is 0.149 e. The van der Waals surface area contributed by atoms with Gasteiger partial charge in [0.15, 0.2) is 0 Å². The number of halogens is 8. The third-order valence-electron chi connectivity index (χ3n) is 19.0. The minimum atomic E-state index is 0.0771. The van der Waals surface area contributed by atoms with Crippen molar-refractivity contribution < 1.29 is 56.8 Å². The summed E-state index contributed by atoms with van der Waals surface area (Å²) >= 11 is 61.0. The molecule has 0 atom stereocenters. The van der Waals surface area contributed by atoms with Crippen LogP contribution in [0.2, 0.25) is 40.2 Å². The monoisotopic (exact) mass is 1590 g/mol. The number of nitrogens with one attached hydrogen (secondary N) is 2. The minimum Gasteiger partial charge on any atom is -0.491 e. The van der Waals surface area contributed by atoms with E-state index in [1.807, 2.05) is 24.3 Å². The molecule has 0 spiro atoms. The van der Waals surface area contributed by atoms with Gasteiger partial charge in [0.2, 0.25) is 0 Å². The maximum absolute atomic E-state index is 7.64. The molecule has 0 unspecified atom stereocenters. The lowest BCUT2D eigenvalue weighted by atomic mass is 10.0. The second-order valence-electron chi connectivity index (χ2n) is 26.7. The van der Waals surface area contributed by atoms with Gasteiger partial charge in [0.05, 0.1) is 168 Å². The predicted molar refractivity (Wildman–Crippen MR) is 426 cm³/mol. The molecular formula is C80H98Cl8N4O12. The first-order valence-electron chi connectivity index (χ1n) is 37.8. The first-order valence-corrected chi connectivity index (χ1v) is 40.8. The SMILES string of the molecule is CCCCCCCCOc1c(Cl)c(Cl)c2c3c1-c1cc4[nH]c5cc6nc(cc7[nH]c(cc-3n1)c1c(c(Cl)c(Cl)c(OCCCCCCCC)c71)OCCOCCOCCO2)-c1c(OCCCCCCCC)c(Cl)c(Cl)c(c1-6)OCCOCCOCCOc1c(Cl)c(Cl)c(OCCCCCCCC)c4c15.